The Bertz CT molecular complexity index is 464. The van der Waals surface area contributed by atoms with Gasteiger partial charge in [0.25, 0.3) is 0 Å². The molecule has 0 aliphatic carbocycles. The highest BCUT2D eigenvalue weighted by Gasteiger charge is 2.17. The SMILES string of the molecule is CC.OB(O)c1cccc2c1ncn2SF. The maximum Gasteiger partial charge on any atom is 0.490 e. The first kappa shape index (κ1) is 13.0. The molecule has 16 heavy (non-hydrogen) atoms. The Labute approximate surface area is 97.7 Å². The van der Waals surface area contributed by atoms with Crippen molar-refractivity contribution in [1.29, 1.82) is 0 Å². The van der Waals surface area contributed by atoms with Gasteiger partial charge in [0.1, 0.15) is 6.33 Å². The quantitative estimate of drug-likeness (QED) is 0.775. The van der Waals surface area contributed by atoms with Gasteiger partial charge in [0.15, 0.2) is 12.3 Å². The molecule has 7 heteroatoms. The minimum Gasteiger partial charge on any atom is -0.423 e. The van der Waals surface area contributed by atoms with Crippen LogP contribution in [0.25, 0.3) is 11.0 Å². The molecule has 0 aliphatic heterocycles. The lowest BCUT2D eigenvalue weighted by molar-refractivity contribution is 0.426. The van der Waals surface area contributed by atoms with Gasteiger partial charge >= 0.3 is 7.12 Å². The molecule has 2 aromatic rings. The van der Waals surface area contributed by atoms with Gasteiger partial charge in [0.2, 0.25) is 0 Å². The Morgan fingerprint density at radius 1 is 1.38 bits per heavy atom. The van der Waals surface area contributed by atoms with Gasteiger partial charge in [-0.25, -0.2) is 8.96 Å². The molecule has 0 saturated carbocycles. The summed E-state index contributed by atoms with van der Waals surface area (Å²) >= 11 is 0.0163. The van der Waals surface area contributed by atoms with E-state index in [-0.39, 0.29) is 17.8 Å². The van der Waals surface area contributed by atoms with E-state index in [1.807, 2.05) is 13.8 Å². The zero-order valence-electron chi connectivity index (χ0n) is 8.96. The summed E-state index contributed by atoms with van der Waals surface area (Å²) in [5, 5.41) is 18.0. The Morgan fingerprint density at radius 3 is 2.62 bits per heavy atom. The standard InChI is InChI=1S/C7H6BFN2O2S.C2H6/c9-14-11-4-10-7-5(8(12)13)2-1-3-6(7)11;1-2/h1-4,12-13H;1-2H3. The highest BCUT2D eigenvalue weighted by atomic mass is 32.2. The molecule has 0 unspecified atom stereocenters. The molecule has 1 aromatic carbocycles. The number of fused-ring (bicyclic) bond motifs is 1. The van der Waals surface area contributed by atoms with Crippen molar-refractivity contribution in [2.24, 2.45) is 0 Å². The minimum atomic E-state index is -1.59. The normalized spacial score (nSPS) is 9.81. The van der Waals surface area contributed by atoms with Crippen molar-refractivity contribution in [3.05, 3.63) is 24.5 Å². The summed E-state index contributed by atoms with van der Waals surface area (Å²) in [7, 11) is -1.59. The van der Waals surface area contributed by atoms with Crippen LogP contribution in [-0.4, -0.2) is 26.1 Å². The number of nitrogens with zero attached hydrogens (tertiary/aromatic N) is 2. The number of para-hydroxylation sites is 1. The molecule has 1 heterocycles. The number of hydrogen-bond acceptors (Lipinski definition) is 4. The summed E-state index contributed by atoms with van der Waals surface area (Å²) < 4.78 is 13.5. The van der Waals surface area contributed by atoms with E-state index in [9.17, 15) is 3.89 Å². The first-order valence-corrected chi connectivity index (χ1v) is 5.52. The second kappa shape index (κ2) is 5.88. The lowest BCUT2D eigenvalue weighted by Gasteiger charge is -2.00. The molecule has 86 valence electrons. The van der Waals surface area contributed by atoms with Crippen LogP contribution >= 0.6 is 12.3 Å². The predicted octanol–water partition coefficient (Wildman–Crippen LogP) is 1.12. The molecule has 2 rings (SSSR count). The van der Waals surface area contributed by atoms with E-state index in [0.717, 1.165) is 0 Å². The van der Waals surface area contributed by atoms with Crippen LogP contribution in [0.4, 0.5) is 3.89 Å². The van der Waals surface area contributed by atoms with Crippen molar-refractivity contribution in [3.63, 3.8) is 0 Å². The highest BCUT2D eigenvalue weighted by Crippen LogP contribution is 2.17. The molecular weight excluding hydrogens is 230 g/mol. The van der Waals surface area contributed by atoms with E-state index < -0.39 is 7.12 Å². The number of aromatic nitrogens is 2. The first-order chi connectivity index (χ1) is 7.74. The van der Waals surface area contributed by atoms with Gasteiger partial charge in [-0.1, -0.05) is 26.0 Å². The maximum absolute atomic E-state index is 12.3. The van der Waals surface area contributed by atoms with Crippen LogP contribution in [0.2, 0.25) is 0 Å². The van der Waals surface area contributed by atoms with Crippen molar-refractivity contribution in [2.75, 3.05) is 0 Å². The molecule has 0 bridgehead atoms. The van der Waals surface area contributed by atoms with Crippen molar-refractivity contribution in [3.8, 4) is 0 Å². The number of hydrogen-bond donors (Lipinski definition) is 2. The molecule has 0 saturated heterocycles. The van der Waals surface area contributed by atoms with Gasteiger partial charge in [-0.2, -0.15) is 0 Å². The van der Waals surface area contributed by atoms with E-state index in [1.54, 1.807) is 12.1 Å². The number of rotatable bonds is 2. The minimum absolute atomic E-state index is 0.0163. The van der Waals surface area contributed by atoms with Crippen molar-refractivity contribution in [2.45, 2.75) is 13.8 Å². The summed E-state index contributed by atoms with van der Waals surface area (Å²) in [6, 6.07) is 4.81. The van der Waals surface area contributed by atoms with Crippen LogP contribution in [0, 0.1) is 0 Å². The van der Waals surface area contributed by atoms with Gasteiger partial charge in [-0.3, -0.25) is 0 Å². The van der Waals surface area contributed by atoms with Gasteiger partial charge in [0, 0.05) is 5.46 Å². The van der Waals surface area contributed by atoms with Crippen LogP contribution in [0.1, 0.15) is 13.8 Å². The van der Waals surface area contributed by atoms with Gasteiger partial charge in [-0.05, 0) is 6.07 Å². The van der Waals surface area contributed by atoms with E-state index in [0.29, 0.717) is 11.0 Å². The Balaban J connectivity index is 0.000000606. The number of benzene rings is 1. The zero-order valence-corrected chi connectivity index (χ0v) is 9.78. The van der Waals surface area contributed by atoms with Crippen LogP contribution in [0.5, 0.6) is 0 Å². The lowest BCUT2D eigenvalue weighted by Crippen LogP contribution is -2.30. The van der Waals surface area contributed by atoms with Crippen LogP contribution < -0.4 is 5.46 Å². The summed E-state index contributed by atoms with van der Waals surface area (Å²) in [6.45, 7) is 4.00. The fourth-order valence-corrected chi connectivity index (χ4v) is 1.61. The Hall–Kier alpha value is -1.05. The molecule has 0 atom stereocenters. The molecule has 1 aromatic heterocycles. The molecular formula is C9H12BFN2O2S. The molecule has 0 fully saturated rings. The fourth-order valence-electron chi connectivity index (χ4n) is 1.30. The maximum atomic E-state index is 12.3. The third-order valence-corrected chi connectivity index (χ3v) is 2.37. The van der Waals surface area contributed by atoms with E-state index >= 15 is 0 Å². The summed E-state index contributed by atoms with van der Waals surface area (Å²) in [6.07, 6.45) is 1.29. The summed E-state index contributed by atoms with van der Waals surface area (Å²) in [4.78, 5) is 3.89. The average molecular weight is 242 g/mol. The number of halogens is 1. The third-order valence-electron chi connectivity index (χ3n) is 1.93. The largest absolute Gasteiger partial charge is 0.490 e. The molecule has 0 amide bonds. The molecule has 2 N–H and O–H groups in total. The molecule has 4 nitrogen and oxygen atoms in total. The van der Waals surface area contributed by atoms with E-state index in [4.69, 9.17) is 10.0 Å². The Morgan fingerprint density at radius 2 is 2.06 bits per heavy atom. The predicted molar refractivity (Wildman–Crippen MR) is 65.0 cm³/mol. The molecule has 0 spiro atoms. The highest BCUT2D eigenvalue weighted by molar-refractivity contribution is 7.92. The molecule has 0 aliphatic rings. The van der Waals surface area contributed by atoms with Crippen LogP contribution in [0.15, 0.2) is 24.5 Å². The second-order valence-corrected chi connectivity index (χ2v) is 3.26. The Kier molecular flexibility index (Phi) is 4.79. The van der Waals surface area contributed by atoms with Crippen molar-refractivity contribution >= 4 is 35.9 Å². The van der Waals surface area contributed by atoms with E-state index in [1.165, 1.54) is 16.4 Å². The topological polar surface area (TPSA) is 58.3 Å². The second-order valence-electron chi connectivity index (χ2n) is 2.73. The summed E-state index contributed by atoms with van der Waals surface area (Å²) in [5.41, 5.74) is 1.19. The van der Waals surface area contributed by atoms with Crippen molar-refractivity contribution in [1.82, 2.24) is 8.96 Å². The first-order valence-electron chi connectivity index (χ1n) is 4.85. The van der Waals surface area contributed by atoms with Crippen LogP contribution in [0.3, 0.4) is 0 Å². The zero-order chi connectivity index (χ0) is 12.1. The van der Waals surface area contributed by atoms with Crippen LogP contribution in [-0.2, 0) is 0 Å². The smallest absolute Gasteiger partial charge is 0.423 e. The average Bonchev–Trinajstić information content (AvgIpc) is 2.74. The number of imidazole rings is 1. The lowest BCUT2D eigenvalue weighted by atomic mass is 9.79. The van der Waals surface area contributed by atoms with Gasteiger partial charge in [0.05, 0.1) is 11.0 Å². The third kappa shape index (κ3) is 2.37. The summed E-state index contributed by atoms with van der Waals surface area (Å²) in [5.74, 6) is 0. The van der Waals surface area contributed by atoms with Gasteiger partial charge < -0.3 is 10.0 Å². The molecule has 0 radical (unpaired) electrons. The van der Waals surface area contributed by atoms with Crippen molar-refractivity contribution < 1.29 is 13.9 Å². The van der Waals surface area contributed by atoms with Gasteiger partial charge in [-0.15, -0.1) is 3.89 Å². The van der Waals surface area contributed by atoms with E-state index in [2.05, 4.69) is 4.98 Å². The monoisotopic (exact) mass is 242 g/mol. The fraction of sp³-hybridized carbons (Fsp3) is 0.222.